The third-order valence-corrected chi connectivity index (χ3v) is 5.12. The van der Waals surface area contributed by atoms with Gasteiger partial charge in [-0.05, 0) is 11.1 Å². The molecule has 4 N–H and O–H groups in total. The minimum absolute atomic E-state index is 0.000315. The molecule has 0 radical (unpaired) electrons. The Labute approximate surface area is 178 Å². The number of benzene rings is 2. The number of ether oxygens (including phenoxy) is 1. The Morgan fingerprint density at radius 1 is 0.900 bits per heavy atom. The van der Waals surface area contributed by atoms with Gasteiger partial charge in [0.2, 0.25) is 5.91 Å². The minimum atomic E-state index is -1.32. The predicted molar refractivity (Wildman–Crippen MR) is 113 cm³/mol. The van der Waals surface area contributed by atoms with Crippen molar-refractivity contribution in [3.8, 4) is 0 Å². The number of carboxylic acids is 1. The summed E-state index contributed by atoms with van der Waals surface area (Å²) in [5, 5.41) is 23.4. The molecule has 0 heterocycles. The van der Waals surface area contributed by atoms with E-state index in [1.807, 2.05) is 36.4 Å². The van der Waals surface area contributed by atoms with Crippen LogP contribution in [0.3, 0.4) is 0 Å². The second-order valence-corrected chi connectivity index (χ2v) is 7.37. The molecule has 0 fully saturated rings. The molecule has 0 aliphatic rings. The molecular formula is C21H24N2O6S. The van der Waals surface area contributed by atoms with E-state index in [1.54, 1.807) is 24.3 Å². The summed E-state index contributed by atoms with van der Waals surface area (Å²) >= 11 is 1.35. The van der Waals surface area contributed by atoms with Crippen molar-refractivity contribution < 1.29 is 29.3 Å². The highest BCUT2D eigenvalue weighted by Gasteiger charge is 2.26. The highest BCUT2D eigenvalue weighted by molar-refractivity contribution is 7.98. The number of carbonyl (C=O) groups is 3. The molecule has 160 valence electrons. The van der Waals surface area contributed by atoms with E-state index in [4.69, 9.17) is 4.74 Å². The van der Waals surface area contributed by atoms with Crippen molar-refractivity contribution in [2.24, 2.45) is 0 Å². The van der Waals surface area contributed by atoms with Crippen LogP contribution in [0.25, 0.3) is 0 Å². The average Bonchev–Trinajstić information content (AvgIpc) is 2.76. The van der Waals surface area contributed by atoms with Crippen LogP contribution in [0, 0.1) is 0 Å². The highest BCUT2D eigenvalue weighted by atomic mass is 32.2. The maximum absolute atomic E-state index is 12.3. The summed E-state index contributed by atoms with van der Waals surface area (Å²) in [5.41, 5.74) is 1.80. The summed E-state index contributed by atoms with van der Waals surface area (Å²) in [7, 11) is 0. The number of hydrogen-bond donors (Lipinski definition) is 4. The second kappa shape index (κ2) is 12.5. The van der Waals surface area contributed by atoms with Crippen molar-refractivity contribution in [2.45, 2.75) is 24.4 Å². The molecule has 2 aromatic carbocycles. The van der Waals surface area contributed by atoms with Gasteiger partial charge >= 0.3 is 12.1 Å². The lowest BCUT2D eigenvalue weighted by atomic mass is 10.2. The van der Waals surface area contributed by atoms with Crippen molar-refractivity contribution in [1.82, 2.24) is 10.6 Å². The summed E-state index contributed by atoms with van der Waals surface area (Å²) in [4.78, 5) is 35.7. The van der Waals surface area contributed by atoms with Gasteiger partial charge in [-0.15, -0.1) is 0 Å². The first-order chi connectivity index (χ1) is 14.5. The van der Waals surface area contributed by atoms with Gasteiger partial charge in [0.25, 0.3) is 0 Å². The number of alkyl carbamates (subject to hydrolysis) is 1. The molecule has 0 aliphatic carbocycles. The lowest BCUT2D eigenvalue weighted by molar-refractivity contribution is -0.141. The predicted octanol–water partition coefficient (Wildman–Crippen LogP) is 1.78. The molecule has 0 unspecified atom stereocenters. The third kappa shape index (κ3) is 8.14. The van der Waals surface area contributed by atoms with E-state index in [0.717, 1.165) is 11.1 Å². The van der Waals surface area contributed by atoms with Gasteiger partial charge in [-0.3, -0.25) is 4.79 Å². The normalized spacial score (nSPS) is 12.4. The fourth-order valence-electron chi connectivity index (χ4n) is 2.42. The Morgan fingerprint density at radius 3 is 2.07 bits per heavy atom. The summed E-state index contributed by atoms with van der Waals surface area (Å²) in [6.45, 7) is -0.698. The first kappa shape index (κ1) is 23.2. The van der Waals surface area contributed by atoms with Gasteiger partial charge < -0.3 is 25.6 Å². The number of aliphatic carboxylic acids is 1. The van der Waals surface area contributed by atoms with Gasteiger partial charge in [0.05, 0.1) is 6.61 Å². The van der Waals surface area contributed by atoms with Crippen LogP contribution in [-0.4, -0.2) is 52.6 Å². The molecule has 0 aliphatic heterocycles. The lowest BCUT2D eigenvalue weighted by Crippen LogP contribution is -2.53. The van der Waals surface area contributed by atoms with Crippen LogP contribution >= 0.6 is 11.8 Å². The van der Waals surface area contributed by atoms with Gasteiger partial charge in [0.1, 0.15) is 18.7 Å². The van der Waals surface area contributed by atoms with Crippen LogP contribution < -0.4 is 10.6 Å². The van der Waals surface area contributed by atoms with Crippen LogP contribution in [-0.2, 0) is 26.7 Å². The Hall–Kier alpha value is -3.04. The third-order valence-electron chi connectivity index (χ3n) is 4.01. The number of amides is 2. The molecular weight excluding hydrogens is 408 g/mol. The molecule has 0 saturated heterocycles. The van der Waals surface area contributed by atoms with Gasteiger partial charge in [-0.2, -0.15) is 11.8 Å². The molecule has 2 rings (SSSR count). The number of rotatable bonds is 11. The summed E-state index contributed by atoms with van der Waals surface area (Å²) < 4.78 is 5.02. The van der Waals surface area contributed by atoms with Crippen molar-refractivity contribution in [1.29, 1.82) is 0 Å². The molecule has 0 aromatic heterocycles. The molecule has 9 heteroatoms. The van der Waals surface area contributed by atoms with Crippen LogP contribution in [0.15, 0.2) is 60.7 Å². The van der Waals surface area contributed by atoms with E-state index < -0.39 is 36.7 Å². The number of carboxylic acid groups (broad SMARTS) is 1. The zero-order chi connectivity index (χ0) is 21.8. The number of hydrogen-bond acceptors (Lipinski definition) is 6. The minimum Gasteiger partial charge on any atom is -0.480 e. The first-order valence-electron chi connectivity index (χ1n) is 9.22. The summed E-state index contributed by atoms with van der Waals surface area (Å²) in [5.74, 6) is -1.28. The summed E-state index contributed by atoms with van der Waals surface area (Å²) in [6.07, 6.45) is -0.890. The molecule has 2 aromatic rings. The molecule has 2 amide bonds. The monoisotopic (exact) mass is 432 g/mol. The Morgan fingerprint density at radius 2 is 1.50 bits per heavy atom. The van der Waals surface area contributed by atoms with E-state index in [0.29, 0.717) is 5.75 Å². The van der Waals surface area contributed by atoms with Crippen molar-refractivity contribution in [2.75, 3.05) is 12.4 Å². The van der Waals surface area contributed by atoms with Crippen LogP contribution in [0.4, 0.5) is 4.79 Å². The van der Waals surface area contributed by atoms with Gasteiger partial charge in [-0.25, -0.2) is 9.59 Å². The number of aliphatic hydroxyl groups excluding tert-OH is 1. The zero-order valence-corrected chi connectivity index (χ0v) is 17.0. The molecule has 0 saturated carbocycles. The van der Waals surface area contributed by atoms with Gasteiger partial charge in [-0.1, -0.05) is 60.7 Å². The van der Waals surface area contributed by atoms with Crippen LogP contribution in [0.1, 0.15) is 11.1 Å². The Bertz CT molecular complexity index is 819. The SMILES string of the molecule is O=C(N[C@@H](CO)C(=O)N[C@@H](CSCc1ccccc1)C(=O)O)OCc1ccccc1. The fourth-order valence-corrected chi connectivity index (χ4v) is 3.42. The fraction of sp³-hybridized carbons (Fsp3) is 0.286. The van der Waals surface area contributed by atoms with E-state index in [-0.39, 0.29) is 12.4 Å². The molecule has 30 heavy (non-hydrogen) atoms. The van der Waals surface area contributed by atoms with Crippen molar-refractivity contribution >= 4 is 29.7 Å². The standard InChI is InChI=1S/C21H24N2O6S/c24-11-17(23-21(28)29-12-15-7-3-1-4-8-15)19(25)22-18(20(26)27)14-30-13-16-9-5-2-6-10-16/h1-10,17-18,24H,11-14H2,(H,22,25)(H,23,28)(H,26,27)/t17-,18-/m0/s1. The van der Waals surface area contributed by atoms with Crippen LogP contribution in [0.2, 0.25) is 0 Å². The van der Waals surface area contributed by atoms with E-state index >= 15 is 0 Å². The summed E-state index contributed by atoms with van der Waals surface area (Å²) in [6, 6.07) is 16.0. The van der Waals surface area contributed by atoms with Gasteiger partial charge in [0, 0.05) is 11.5 Å². The Balaban J connectivity index is 1.81. The number of aliphatic hydroxyl groups is 1. The van der Waals surface area contributed by atoms with Gasteiger partial charge in [0.15, 0.2) is 0 Å². The average molecular weight is 432 g/mol. The largest absolute Gasteiger partial charge is 0.480 e. The molecule has 8 nitrogen and oxygen atoms in total. The van der Waals surface area contributed by atoms with E-state index in [9.17, 15) is 24.6 Å². The van der Waals surface area contributed by atoms with Crippen LogP contribution in [0.5, 0.6) is 0 Å². The molecule has 0 bridgehead atoms. The quantitative estimate of drug-likeness (QED) is 0.426. The lowest BCUT2D eigenvalue weighted by Gasteiger charge is -2.19. The molecule has 0 spiro atoms. The topological polar surface area (TPSA) is 125 Å². The number of thioether (sulfide) groups is 1. The maximum atomic E-state index is 12.3. The van der Waals surface area contributed by atoms with Crippen molar-refractivity contribution in [3.05, 3.63) is 71.8 Å². The molecule has 2 atom stereocenters. The van der Waals surface area contributed by atoms with E-state index in [1.165, 1.54) is 11.8 Å². The van der Waals surface area contributed by atoms with Crippen molar-refractivity contribution in [3.63, 3.8) is 0 Å². The second-order valence-electron chi connectivity index (χ2n) is 6.34. The number of carbonyl (C=O) groups excluding carboxylic acids is 2. The zero-order valence-electron chi connectivity index (χ0n) is 16.2. The van der Waals surface area contributed by atoms with E-state index in [2.05, 4.69) is 10.6 Å². The highest BCUT2D eigenvalue weighted by Crippen LogP contribution is 2.13. The maximum Gasteiger partial charge on any atom is 0.408 e. The number of nitrogens with one attached hydrogen (secondary N) is 2. The first-order valence-corrected chi connectivity index (χ1v) is 10.4. The smallest absolute Gasteiger partial charge is 0.408 e. The Kier molecular flexibility index (Phi) is 9.69.